The molecule has 1 aliphatic rings. The standard InChI is InChI=1S/C24H26F2N4O2S/c1-14-4-3-5-20(15(14)2)30-23(32)18-7-6-16(12-19(18)28-24(30)33)22(31)27-17-8-10-29(11-9-17)13-21(25)26/h3-7,12,17,21H,8-11,13H2,1-2H3,(H,27,31)(H,28,33). The van der Waals surface area contributed by atoms with E-state index in [-0.39, 0.29) is 28.8 Å². The Bertz CT molecular complexity index is 1310. The largest absolute Gasteiger partial charge is 0.349 e. The lowest BCUT2D eigenvalue weighted by atomic mass is 10.0. The van der Waals surface area contributed by atoms with Gasteiger partial charge in [-0.2, -0.15) is 0 Å². The van der Waals surface area contributed by atoms with Crippen molar-refractivity contribution in [2.24, 2.45) is 0 Å². The van der Waals surface area contributed by atoms with Crippen molar-refractivity contribution < 1.29 is 13.6 Å². The third-order valence-corrected chi connectivity index (χ3v) is 6.58. The van der Waals surface area contributed by atoms with Gasteiger partial charge in [-0.25, -0.2) is 8.78 Å². The topological polar surface area (TPSA) is 70.1 Å². The van der Waals surface area contributed by atoms with Crippen LogP contribution in [0.3, 0.4) is 0 Å². The van der Waals surface area contributed by atoms with Crippen LogP contribution in [0.2, 0.25) is 0 Å². The zero-order valence-corrected chi connectivity index (χ0v) is 19.3. The summed E-state index contributed by atoms with van der Waals surface area (Å²) >= 11 is 5.48. The quantitative estimate of drug-likeness (QED) is 0.548. The lowest BCUT2D eigenvalue weighted by molar-refractivity contribution is 0.0696. The fourth-order valence-corrected chi connectivity index (χ4v) is 4.57. The fourth-order valence-electron chi connectivity index (χ4n) is 4.28. The number of aryl methyl sites for hydroxylation is 1. The Labute approximate surface area is 195 Å². The highest BCUT2D eigenvalue weighted by atomic mass is 32.1. The molecule has 0 bridgehead atoms. The molecule has 174 valence electrons. The van der Waals surface area contributed by atoms with Crippen LogP contribution in [0.1, 0.15) is 34.3 Å². The van der Waals surface area contributed by atoms with Crippen LogP contribution >= 0.6 is 12.2 Å². The molecule has 0 saturated carbocycles. The maximum atomic E-state index is 13.2. The van der Waals surface area contributed by atoms with Crippen molar-refractivity contribution in [3.8, 4) is 5.69 Å². The van der Waals surface area contributed by atoms with Gasteiger partial charge in [0, 0.05) is 24.7 Å². The number of hydrogen-bond acceptors (Lipinski definition) is 4. The lowest BCUT2D eigenvalue weighted by Crippen LogP contribution is -2.45. The van der Waals surface area contributed by atoms with Gasteiger partial charge in [-0.1, -0.05) is 12.1 Å². The second-order valence-electron chi connectivity index (χ2n) is 8.49. The molecule has 9 heteroatoms. The number of halogens is 2. The number of nitrogens with zero attached hydrogens (tertiary/aromatic N) is 2. The minimum atomic E-state index is -2.35. The van der Waals surface area contributed by atoms with Gasteiger partial charge in [-0.3, -0.25) is 19.1 Å². The Kier molecular flexibility index (Phi) is 6.71. The summed E-state index contributed by atoms with van der Waals surface area (Å²) in [7, 11) is 0. The molecule has 0 radical (unpaired) electrons. The Morgan fingerprint density at radius 3 is 2.64 bits per heavy atom. The minimum Gasteiger partial charge on any atom is -0.349 e. The van der Waals surface area contributed by atoms with Gasteiger partial charge in [0.2, 0.25) is 0 Å². The number of benzene rings is 2. The molecule has 0 spiro atoms. The summed E-state index contributed by atoms with van der Waals surface area (Å²) < 4.78 is 26.8. The smallest absolute Gasteiger partial charge is 0.266 e. The monoisotopic (exact) mass is 472 g/mol. The Morgan fingerprint density at radius 1 is 1.21 bits per heavy atom. The van der Waals surface area contributed by atoms with Crippen LogP contribution in [0.15, 0.2) is 41.2 Å². The molecule has 1 amide bonds. The van der Waals surface area contributed by atoms with Crippen LogP contribution in [0, 0.1) is 18.6 Å². The zero-order chi connectivity index (χ0) is 23.7. The molecule has 2 N–H and O–H groups in total. The van der Waals surface area contributed by atoms with Crippen LogP contribution in [0.25, 0.3) is 16.6 Å². The Hall–Kier alpha value is -2.91. The summed E-state index contributed by atoms with van der Waals surface area (Å²) in [6.07, 6.45) is -1.11. The number of fused-ring (bicyclic) bond motifs is 1. The number of alkyl halides is 2. The molecule has 1 aromatic heterocycles. The molecule has 33 heavy (non-hydrogen) atoms. The number of likely N-dealkylation sites (tertiary alicyclic amines) is 1. The number of amides is 1. The molecule has 0 aliphatic carbocycles. The van der Waals surface area contributed by atoms with E-state index in [1.165, 1.54) is 4.57 Å². The molecule has 2 heterocycles. The van der Waals surface area contributed by atoms with Crippen LogP contribution in [-0.2, 0) is 0 Å². The average molecular weight is 473 g/mol. The first-order valence-corrected chi connectivity index (χ1v) is 11.3. The second kappa shape index (κ2) is 9.52. The normalized spacial score (nSPS) is 15.3. The maximum Gasteiger partial charge on any atom is 0.266 e. The lowest BCUT2D eigenvalue weighted by Gasteiger charge is -2.32. The third-order valence-electron chi connectivity index (χ3n) is 6.30. The van der Waals surface area contributed by atoms with E-state index < -0.39 is 6.43 Å². The van der Waals surface area contributed by atoms with Crippen molar-refractivity contribution in [2.75, 3.05) is 19.6 Å². The van der Waals surface area contributed by atoms with Crippen LogP contribution in [-0.4, -0.2) is 52.5 Å². The number of H-pyrrole nitrogens is 1. The first-order valence-electron chi connectivity index (χ1n) is 10.9. The van der Waals surface area contributed by atoms with Crippen molar-refractivity contribution in [2.45, 2.75) is 39.2 Å². The molecular weight excluding hydrogens is 446 g/mol. The summed E-state index contributed by atoms with van der Waals surface area (Å²) in [5.74, 6) is -0.262. The molecule has 2 aromatic carbocycles. The van der Waals surface area contributed by atoms with Crippen molar-refractivity contribution in [1.82, 2.24) is 19.8 Å². The summed E-state index contributed by atoms with van der Waals surface area (Å²) in [5.41, 5.74) is 3.40. The van der Waals surface area contributed by atoms with E-state index >= 15 is 0 Å². The molecule has 6 nitrogen and oxygen atoms in total. The Balaban J connectivity index is 1.57. The molecule has 0 atom stereocenters. The number of piperidine rings is 1. The molecule has 3 aromatic rings. The van der Waals surface area contributed by atoms with Crippen LogP contribution < -0.4 is 10.9 Å². The maximum absolute atomic E-state index is 13.2. The zero-order valence-electron chi connectivity index (χ0n) is 18.5. The average Bonchev–Trinajstić information content (AvgIpc) is 2.77. The summed E-state index contributed by atoms with van der Waals surface area (Å²) in [5, 5.41) is 3.41. The highest BCUT2D eigenvalue weighted by molar-refractivity contribution is 7.71. The van der Waals surface area contributed by atoms with Crippen molar-refractivity contribution in [3.63, 3.8) is 0 Å². The van der Waals surface area contributed by atoms with Gasteiger partial charge in [0.15, 0.2) is 4.77 Å². The second-order valence-corrected chi connectivity index (χ2v) is 8.88. The minimum absolute atomic E-state index is 0.0714. The Morgan fingerprint density at radius 2 is 1.94 bits per heavy atom. The van der Waals surface area contributed by atoms with Gasteiger partial charge in [0.05, 0.1) is 23.1 Å². The summed E-state index contributed by atoms with van der Waals surface area (Å²) in [4.78, 5) is 30.8. The van der Waals surface area contributed by atoms with Gasteiger partial charge in [0.1, 0.15) is 0 Å². The molecule has 1 fully saturated rings. The number of aromatic amines is 1. The van der Waals surface area contributed by atoms with E-state index in [0.29, 0.717) is 42.4 Å². The van der Waals surface area contributed by atoms with E-state index in [0.717, 1.165) is 16.8 Å². The van der Waals surface area contributed by atoms with Crippen molar-refractivity contribution >= 4 is 29.0 Å². The van der Waals surface area contributed by atoms with E-state index in [2.05, 4.69) is 10.3 Å². The highest BCUT2D eigenvalue weighted by Gasteiger charge is 2.23. The molecule has 1 aliphatic heterocycles. The van der Waals surface area contributed by atoms with E-state index in [9.17, 15) is 18.4 Å². The summed E-state index contributed by atoms with van der Waals surface area (Å²) in [6, 6.07) is 10.5. The first kappa shape index (κ1) is 23.3. The predicted octanol–water partition coefficient (Wildman–Crippen LogP) is 4.12. The van der Waals surface area contributed by atoms with Gasteiger partial charge in [-0.05, 0) is 74.3 Å². The van der Waals surface area contributed by atoms with E-state index in [1.807, 2.05) is 32.0 Å². The predicted molar refractivity (Wildman–Crippen MR) is 127 cm³/mol. The third kappa shape index (κ3) is 4.89. The summed E-state index contributed by atoms with van der Waals surface area (Å²) in [6.45, 7) is 4.74. The number of carbonyl (C=O) groups excluding carboxylic acids is 1. The highest BCUT2D eigenvalue weighted by Crippen LogP contribution is 2.19. The van der Waals surface area contributed by atoms with Gasteiger partial charge in [-0.15, -0.1) is 0 Å². The number of nitrogens with one attached hydrogen (secondary N) is 2. The first-order chi connectivity index (χ1) is 15.7. The number of aromatic nitrogens is 2. The van der Waals surface area contributed by atoms with E-state index in [4.69, 9.17) is 12.2 Å². The van der Waals surface area contributed by atoms with Crippen molar-refractivity contribution in [3.05, 3.63) is 68.2 Å². The van der Waals surface area contributed by atoms with Crippen LogP contribution in [0.5, 0.6) is 0 Å². The number of rotatable bonds is 5. The molecule has 4 rings (SSSR count). The number of hydrogen-bond donors (Lipinski definition) is 2. The SMILES string of the molecule is Cc1cccc(-n2c(=S)[nH]c3cc(C(=O)NC4CCN(CC(F)F)CC4)ccc3c2=O)c1C. The van der Waals surface area contributed by atoms with Gasteiger partial charge >= 0.3 is 0 Å². The van der Waals surface area contributed by atoms with Gasteiger partial charge in [0.25, 0.3) is 17.9 Å². The van der Waals surface area contributed by atoms with Crippen LogP contribution in [0.4, 0.5) is 8.78 Å². The van der Waals surface area contributed by atoms with Gasteiger partial charge < -0.3 is 10.3 Å². The molecular formula is C24H26F2N4O2S. The fraction of sp³-hybridized carbons (Fsp3) is 0.375. The number of carbonyl (C=O) groups is 1. The molecule has 1 saturated heterocycles. The van der Waals surface area contributed by atoms with Crippen molar-refractivity contribution in [1.29, 1.82) is 0 Å². The van der Waals surface area contributed by atoms with E-state index in [1.54, 1.807) is 23.1 Å². The molecule has 0 unspecified atom stereocenters.